The molecule has 33 heavy (non-hydrogen) atoms. The van der Waals surface area contributed by atoms with E-state index in [1.165, 1.54) is 19.4 Å². The Hall–Kier alpha value is -3.62. The molecule has 0 unspecified atom stereocenters. The van der Waals surface area contributed by atoms with E-state index in [9.17, 15) is 14.4 Å². The third-order valence-electron chi connectivity index (χ3n) is 5.40. The van der Waals surface area contributed by atoms with Crippen LogP contribution in [0.3, 0.4) is 0 Å². The maximum absolute atomic E-state index is 13.1. The van der Waals surface area contributed by atoms with Crippen LogP contribution in [0.15, 0.2) is 42.6 Å². The summed E-state index contributed by atoms with van der Waals surface area (Å²) in [7, 11) is 1.27. The van der Waals surface area contributed by atoms with Crippen LogP contribution < -0.4 is 9.47 Å². The van der Waals surface area contributed by atoms with Crippen LogP contribution in [0.25, 0.3) is 0 Å². The molecule has 0 saturated carbocycles. The van der Waals surface area contributed by atoms with Crippen LogP contribution in [-0.2, 0) is 9.53 Å². The first kappa shape index (κ1) is 24.0. The molecule has 2 amide bonds. The summed E-state index contributed by atoms with van der Waals surface area (Å²) in [6.45, 7) is 6.99. The number of rotatable bonds is 7. The Morgan fingerprint density at radius 2 is 1.88 bits per heavy atom. The van der Waals surface area contributed by atoms with Crippen LogP contribution in [0.5, 0.6) is 11.5 Å². The second-order valence-electron chi connectivity index (χ2n) is 7.70. The molecule has 1 fully saturated rings. The van der Waals surface area contributed by atoms with E-state index in [0.717, 1.165) is 0 Å². The maximum Gasteiger partial charge on any atom is 0.356 e. The normalized spacial score (nSPS) is 16.7. The minimum atomic E-state index is -0.811. The van der Waals surface area contributed by atoms with Crippen molar-refractivity contribution in [3.05, 3.63) is 53.9 Å². The van der Waals surface area contributed by atoms with E-state index in [0.29, 0.717) is 37.6 Å². The molecule has 0 bridgehead atoms. The molecular weight excluding hydrogens is 426 g/mol. The highest BCUT2D eigenvalue weighted by Gasteiger charge is 2.33. The Bertz CT molecular complexity index is 997. The van der Waals surface area contributed by atoms with Gasteiger partial charge in [-0.3, -0.25) is 9.59 Å². The predicted octanol–water partition coefficient (Wildman–Crippen LogP) is 2.41. The van der Waals surface area contributed by atoms with Gasteiger partial charge in [-0.05, 0) is 32.9 Å². The van der Waals surface area contributed by atoms with Gasteiger partial charge >= 0.3 is 5.97 Å². The van der Waals surface area contributed by atoms with Crippen LogP contribution in [0.2, 0.25) is 0 Å². The highest BCUT2D eigenvalue weighted by Crippen LogP contribution is 2.29. The van der Waals surface area contributed by atoms with Crippen molar-refractivity contribution in [2.24, 2.45) is 0 Å². The number of benzene rings is 1. The van der Waals surface area contributed by atoms with Crippen LogP contribution in [0.4, 0.5) is 0 Å². The number of amides is 2. The Kier molecular flexibility index (Phi) is 7.87. The molecule has 0 N–H and O–H groups in total. The van der Waals surface area contributed by atoms with Crippen LogP contribution >= 0.6 is 0 Å². The minimum absolute atomic E-state index is 0.0445. The second kappa shape index (κ2) is 10.8. The van der Waals surface area contributed by atoms with E-state index in [2.05, 4.69) is 9.72 Å². The van der Waals surface area contributed by atoms with Gasteiger partial charge in [-0.15, -0.1) is 0 Å². The molecule has 9 nitrogen and oxygen atoms in total. The molecule has 1 aliphatic rings. The number of esters is 1. The van der Waals surface area contributed by atoms with Gasteiger partial charge in [0.2, 0.25) is 0 Å². The molecule has 0 aliphatic carbocycles. The fourth-order valence-corrected chi connectivity index (χ4v) is 3.70. The van der Waals surface area contributed by atoms with E-state index < -0.39 is 12.1 Å². The summed E-state index contributed by atoms with van der Waals surface area (Å²) >= 11 is 0. The quantitative estimate of drug-likeness (QED) is 0.591. The average molecular weight is 456 g/mol. The maximum atomic E-state index is 13.1. The van der Waals surface area contributed by atoms with Crippen molar-refractivity contribution in [2.75, 3.05) is 33.4 Å². The number of piperazine rings is 1. The standard InChI is InChI=1S/C24H29N3O6/c1-5-32-20-13-19(24(30)31-4)25-14-21(20)33-17(3)22(28)27-12-11-26(15-16(27)2)23(29)18-9-7-6-8-10-18/h6-10,13-14,16-17H,5,11-12,15H2,1-4H3/t16-,17+/m1/s1. The number of hydrogen-bond donors (Lipinski definition) is 0. The highest BCUT2D eigenvalue weighted by atomic mass is 16.5. The van der Waals surface area contributed by atoms with E-state index in [4.69, 9.17) is 9.47 Å². The van der Waals surface area contributed by atoms with Gasteiger partial charge in [0.1, 0.15) is 0 Å². The molecule has 9 heteroatoms. The number of pyridine rings is 1. The van der Waals surface area contributed by atoms with Gasteiger partial charge < -0.3 is 24.0 Å². The van der Waals surface area contributed by atoms with Crippen molar-refractivity contribution in [1.82, 2.24) is 14.8 Å². The lowest BCUT2D eigenvalue weighted by Crippen LogP contribution is -2.57. The summed E-state index contributed by atoms with van der Waals surface area (Å²) in [5.74, 6) is -0.274. The molecule has 176 valence electrons. The summed E-state index contributed by atoms with van der Waals surface area (Å²) in [6, 6.07) is 10.4. The minimum Gasteiger partial charge on any atom is -0.490 e. The van der Waals surface area contributed by atoms with Crippen molar-refractivity contribution in [1.29, 1.82) is 0 Å². The van der Waals surface area contributed by atoms with Gasteiger partial charge in [-0.25, -0.2) is 9.78 Å². The molecular formula is C24H29N3O6. The van der Waals surface area contributed by atoms with Crippen molar-refractivity contribution in [2.45, 2.75) is 32.9 Å². The monoisotopic (exact) mass is 455 g/mol. The molecule has 0 spiro atoms. The van der Waals surface area contributed by atoms with Crippen molar-refractivity contribution < 1.29 is 28.6 Å². The number of carbonyl (C=O) groups excluding carboxylic acids is 3. The Morgan fingerprint density at radius 1 is 1.15 bits per heavy atom. The Morgan fingerprint density at radius 3 is 2.52 bits per heavy atom. The fraction of sp³-hybridized carbons (Fsp3) is 0.417. The summed E-state index contributed by atoms with van der Waals surface area (Å²) in [6.07, 6.45) is 0.537. The molecule has 1 aromatic carbocycles. The SMILES string of the molecule is CCOc1cc(C(=O)OC)ncc1O[C@@H](C)C(=O)N1CCN(C(=O)c2ccccc2)C[C@H]1C. The molecule has 1 saturated heterocycles. The van der Waals surface area contributed by atoms with E-state index >= 15 is 0 Å². The first-order chi connectivity index (χ1) is 15.8. The lowest BCUT2D eigenvalue weighted by atomic mass is 10.1. The average Bonchev–Trinajstić information content (AvgIpc) is 2.84. The van der Waals surface area contributed by atoms with Crippen molar-refractivity contribution in [3.8, 4) is 11.5 Å². The fourth-order valence-electron chi connectivity index (χ4n) is 3.70. The second-order valence-corrected chi connectivity index (χ2v) is 7.70. The zero-order valence-electron chi connectivity index (χ0n) is 19.3. The summed E-state index contributed by atoms with van der Waals surface area (Å²) in [5.41, 5.74) is 0.715. The number of hydrogen-bond acceptors (Lipinski definition) is 7. The molecule has 1 aliphatic heterocycles. The Labute approximate surface area is 193 Å². The highest BCUT2D eigenvalue weighted by molar-refractivity contribution is 5.94. The third kappa shape index (κ3) is 5.60. The van der Waals surface area contributed by atoms with E-state index in [-0.39, 0.29) is 29.3 Å². The van der Waals surface area contributed by atoms with Gasteiger partial charge in [0.05, 0.1) is 19.9 Å². The van der Waals surface area contributed by atoms with Crippen molar-refractivity contribution >= 4 is 17.8 Å². The summed E-state index contributed by atoms with van der Waals surface area (Å²) in [5, 5.41) is 0. The number of ether oxygens (including phenoxy) is 3. The van der Waals surface area contributed by atoms with E-state index in [1.54, 1.807) is 35.8 Å². The van der Waals surface area contributed by atoms with Crippen LogP contribution in [-0.4, -0.2) is 78.1 Å². The first-order valence-corrected chi connectivity index (χ1v) is 10.9. The molecule has 2 heterocycles. The van der Waals surface area contributed by atoms with Gasteiger partial charge in [0.15, 0.2) is 23.3 Å². The largest absolute Gasteiger partial charge is 0.490 e. The number of nitrogens with zero attached hydrogens (tertiary/aromatic N) is 3. The smallest absolute Gasteiger partial charge is 0.356 e. The Balaban J connectivity index is 1.66. The molecule has 3 rings (SSSR count). The number of aromatic nitrogens is 1. The van der Waals surface area contributed by atoms with Gasteiger partial charge in [0.25, 0.3) is 11.8 Å². The van der Waals surface area contributed by atoms with Gasteiger partial charge in [-0.2, -0.15) is 0 Å². The molecule has 2 aromatic rings. The molecule has 2 atom stereocenters. The zero-order valence-corrected chi connectivity index (χ0v) is 19.3. The van der Waals surface area contributed by atoms with E-state index in [1.807, 2.05) is 25.1 Å². The van der Waals surface area contributed by atoms with Crippen LogP contribution in [0.1, 0.15) is 41.6 Å². The summed E-state index contributed by atoms with van der Waals surface area (Å²) in [4.78, 5) is 45.1. The number of methoxy groups -OCH3 is 1. The lowest BCUT2D eigenvalue weighted by molar-refractivity contribution is -0.142. The topological polar surface area (TPSA) is 98.3 Å². The zero-order chi connectivity index (χ0) is 24.0. The molecule has 1 aromatic heterocycles. The van der Waals surface area contributed by atoms with Gasteiger partial charge in [-0.1, -0.05) is 18.2 Å². The third-order valence-corrected chi connectivity index (χ3v) is 5.40. The van der Waals surface area contributed by atoms with Gasteiger partial charge in [0, 0.05) is 37.3 Å². The van der Waals surface area contributed by atoms with Crippen molar-refractivity contribution in [3.63, 3.8) is 0 Å². The molecule has 0 radical (unpaired) electrons. The predicted molar refractivity (Wildman–Crippen MR) is 120 cm³/mol. The summed E-state index contributed by atoms with van der Waals surface area (Å²) < 4.78 is 16.1. The lowest BCUT2D eigenvalue weighted by Gasteiger charge is -2.40. The number of carbonyl (C=O) groups is 3. The van der Waals surface area contributed by atoms with Crippen LogP contribution in [0, 0.1) is 0 Å². The first-order valence-electron chi connectivity index (χ1n) is 10.9.